The van der Waals surface area contributed by atoms with E-state index in [9.17, 15) is 0 Å². The molecule has 16 heavy (non-hydrogen) atoms. The van der Waals surface area contributed by atoms with Gasteiger partial charge in [-0.25, -0.2) is 0 Å². The number of amidine groups is 1. The summed E-state index contributed by atoms with van der Waals surface area (Å²) in [5, 5.41) is 4.70. The largest absolute Gasteiger partial charge is 0.360 e. The van der Waals surface area contributed by atoms with Gasteiger partial charge >= 0.3 is 0 Å². The molecule has 0 saturated carbocycles. The average molecular weight is 243 g/mol. The van der Waals surface area contributed by atoms with Crippen LogP contribution in [-0.4, -0.2) is 48.0 Å². The van der Waals surface area contributed by atoms with Gasteiger partial charge in [-0.2, -0.15) is 0 Å². The fourth-order valence-electron chi connectivity index (χ4n) is 1.46. The summed E-state index contributed by atoms with van der Waals surface area (Å²) in [7, 11) is 4.20. The molecule has 2 unspecified atom stereocenters. The highest BCUT2D eigenvalue weighted by molar-refractivity contribution is 8.13. The lowest BCUT2D eigenvalue weighted by atomic mass is 9.96. The van der Waals surface area contributed by atoms with Gasteiger partial charge in [0.2, 0.25) is 0 Å². The molecule has 1 aliphatic rings. The van der Waals surface area contributed by atoms with Crippen LogP contribution < -0.4 is 5.32 Å². The van der Waals surface area contributed by atoms with Crippen molar-refractivity contribution in [3.8, 4) is 0 Å². The van der Waals surface area contributed by atoms with Gasteiger partial charge in [0.1, 0.15) is 0 Å². The Kier molecular flexibility index (Phi) is 5.12. The molecule has 3 nitrogen and oxygen atoms in total. The Hall–Kier alpha value is -0.220. The summed E-state index contributed by atoms with van der Waals surface area (Å²) in [5.41, 5.74) is 0.255. The van der Waals surface area contributed by atoms with E-state index in [4.69, 9.17) is 0 Å². The van der Waals surface area contributed by atoms with E-state index in [2.05, 4.69) is 50.1 Å². The molecule has 2 atom stereocenters. The molecule has 0 aromatic heterocycles. The molecule has 0 bridgehead atoms. The first-order chi connectivity index (χ1) is 7.47. The number of rotatable bonds is 4. The Morgan fingerprint density at radius 2 is 2.25 bits per heavy atom. The van der Waals surface area contributed by atoms with E-state index < -0.39 is 0 Å². The summed E-state index contributed by atoms with van der Waals surface area (Å²) in [6.45, 7) is 7.61. The van der Waals surface area contributed by atoms with Crippen LogP contribution in [0.3, 0.4) is 0 Å². The number of hydrogen-bond donors (Lipinski definition) is 1. The van der Waals surface area contributed by atoms with Crippen molar-refractivity contribution in [3.05, 3.63) is 0 Å². The van der Waals surface area contributed by atoms with Crippen LogP contribution in [0, 0.1) is 0 Å². The van der Waals surface area contributed by atoms with E-state index in [0.717, 1.165) is 18.1 Å². The van der Waals surface area contributed by atoms with Gasteiger partial charge < -0.3 is 10.2 Å². The molecule has 0 amide bonds. The van der Waals surface area contributed by atoms with Crippen LogP contribution in [0.25, 0.3) is 0 Å². The predicted molar refractivity (Wildman–Crippen MR) is 74.4 cm³/mol. The third-order valence-corrected chi connectivity index (χ3v) is 4.38. The first kappa shape index (κ1) is 13.8. The highest BCUT2D eigenvalue weighted by Gasteiger charge is 2.27. The summed E-state index contributed by atoms with van der Waals surface area (Å²) in [6.07, 6.45) is 2.40. The zero-order valence-electron chi connectivity index (χ0n) is 11.2. The molecule has 0 aromatic carbocycles. The molecule has 1 saturated heterocycles. The molecule has 0 aromatic rings. The fraction of sp³-hybridized carbons (Fsp3) is 0.917. The molecule has 4 heteroatoms. The van der Waals surface area contributed by atoms with E-state index in [-0.39, 0.29) is 5.54 Å². The van der Waals surface area contributed by atoms with E-state index >= 15 is 0 Å². The second kappa shape index (κ2) is 5.92. The monoisotopic (exact) mass is 243 g/mol. The van der Waals surface area contributed by atoms with Gasteiger partial charge in [-0.05, 0) is 40.8 Å². The number of nitrogens with one attached hydrogen (secondary N) is 1. The minimum absolute atomic E-state index is 0.255. The number of thioether (sulfide) groups is 1. The van der Waals surface area contributed by atoms with Crippen molar-refractivity contribution in [2.75, 3.05) is 26.4 Å². The minimum Gasteiger partial charge on any atom is -0.360 e. The van der Waals surface area contributed by atoms with Crippen LogP contribution in [-0.2, 0) is 0 Å². The smallest absolute Gasteiger partial charge is 0.157 e. The topological polar surface area (TPSA) is 27.6 Å². The van der Waals surface area contributed by atoms with Gasteiger partial charge in [0.25, 0.3) is 0 Å². The standard InChI is InChI=1S/C12H25N3S/c1-6-12(3)7-8-16-11(14-12)13-9-10(2)15(4)5/h10H,6-9H2,1-5H3,(H,13,14). The third-order valence-electron chi connectivity index (χ3n) is 3.46. The molecule has 1 rings (SSSR count). The number of likely N-dealkylation sites (N-methyl/N-ethyl adjacent to an activating group) is 1. The Morgan fingerprint density at radius 1 is 1.56 bits per heavy atom. The minimum atomic E-state index is 0.255. The predicted octanol–water partition coefficient (Wildman–Crippen LogP) is 2.19. The Balaban J connectivity index is 2.50. The lowest BCUT2D eigenvalue weighted by Gasteiger charge is -2.35. The van der Waals surface area contributed by atoms with Crippen molar-refractivity contribution in [2.45, 2.75) is 45.2 Å². The summed E-state index contributed by atoms with van der Waals surface area (Å²) < 4.78 is 0. The molecule has 1 heterocycles. The van der Waals surface area contributed by atoms with E-state index in [1.807, 2.05) is 11.8 Å². The van der Waals surface area contributed by atoms with Crippen molar-refractivity contribution in [1.82, 2.24) is 10.2 Å². The van der Waals surface area contributed by atoms with Crippen LogP contribution in [0.1, 0.15) is 33.6 Å². The van der Waals surface area contributed by atoms with Crippen molar-refractivity contribution in [1.29, 1.82) is 0 Å². The van der Waals surface area contributed by atoms with Crippen LogP contribution in [0.4, 0.5) is 0 Å². The Morgan fingerprint density at radius 3 is 2.81 bits per heavy atom. The molecule has 1 N–H and O–H groups in total. The third kappa shape index (κ3) is 3.98. The lowest BCUT2D eigenvalue weighted by Crippen LogP contribution is -2.48. The highest BCUT2D eigenvalue weighted by atomic mass is 32.2. The van der Waals surface area contributed by atoms with Crippen molar-refractivity contribution < 1.29 is 0 Å². The molecule has 1 fully saturated rings. The molecular weight excluding hydrogens is 218 g/mol. The van der Waals surface area contributed by atoms with Gasteiger partial charge in [-0.1, -0.05) is 18.7 Å². The fourth-order valence-corrected chi connectivity index (χ4v) is 2.69. The van der Waals surface area contributed by atoms with E-state index in [0.29, 0.717) is 6.04 Å². The van der Waals surface area contributed by atoms with Gasteiger partial charge in [0.05, 0.1) is 6.54 Å². The molecule has 1 aliphatic heterocycles. The van der Waals surface area contributed by atoms with Crippen LogP contribution >= 0.6 is 11.8 Å². The second-order valence-corrected chi connectivity index (χ2v) is 6.18. The Labute approximate surface area is 104 Å². The van der Waals surface area contributed by atoms with Crippen molar-refractivity contribution >= 4 is 16.9 Å². The summed E-state index contributed by atoms with van der Waals surface area (Å²) in [5.74, 6) is 1.19. The zero-order valence-corrected chi connectivity index (χ0v) is 12.0. The van der Waals surface area contributed by atoms with Gasteiger partial charge in [0.15, 0.2) is 5.17 Å². The maximum absolute atomic E-state index is 4.67. The first-order valence-electron chi connectivity index (χ1n) is 6.09. The van der Waals surface area contributed by atoms with E-state index in [1.165, 1.54) is 12.2 Å². The number of hydrogen-bond acceptors (Lipinski definition) is 3. The van der Waals surface area contributed by atoms with Gasteiger partial charge in [-0.3, -0.25) is 4.99 Å². The number of aliphatic imine (C=N–C) groups is 1. The quantitative estimate of drug-likeness (QED) is 0.820. The van der Waals surface area contributed by atoms with E-state index in [1.54, 1.807) is 0 Å². The molecule has 0 aliphatic carbocycles. The molecule has 94 valence electrons. The maximum atomic E-state index is 4.67. The first-order valence-corrected chi connectivity index (χ1v) is 7.07. The zero-order chi connectivity index (χ0) is 12.2. The molecule has 0 radical (unpaired) electrons. The van der Waals surface area contributed by atoms with Crippen molar-refractivity contribution in [3.63, 3.8) is 0 Å². The van der Waals surface area contributed by atoms with Crippen LogP contribution in [0.5, 0.6) is 0 Å². The SMILES string of the molecule is CCC1(C)CCSC(=NCC(C)N(C)C)N1. The average Bonchev–Trinajstić information content (AvgIpc) is 2.26. The highest BCUT2D eigenvalue weighted by Crippen LogP contribution is 2.24. The van der Waals surface area contributed by atoms with Crippen molar-refractivity contribution in [2.24, 2.45) is 4.99 Å². The maximum Gasteiger partial charge on any atom is 0.157 e. The van der Waals surface area contributed by atoms with Crippen LogP contribution in [0.15, 0.2) is 4.99 Å². The molecule has 0 spiro atoms. The van der Waals surface area contributed by atoms with Gasteiger partial charge in [0, 0.05) is 17.3 Å². The number of nitrogens with zero attached hydrogens (tertiary/aromatic N) is 2. The summed E-state index contributed by atoms with van der Waals surface area (Å²) in [6, 6.07) is 0.504. The van der Waals surface area contributed by atoms with Crippen LogP contribution in [0.2, 0.25) is 0 Å². The normalized spacial score (nSPS) is 30.5. The summed E-state index contributed by atoms with van der Waals surface area (Å²) in [4.78, 5) is 6.88. The Bertz CT molecular complexity index is 253. The summed E-state index contributed by atoms with van der Waals surface area (Å²) >= 11 is 1.85. The molecular formula is C12H25N3S. The second-order valence-electron chi connectivity index (χ2n) is 5.10. The van der Waals surface area contributed by atoms with Gasteiger partial charge in [-0.15, -0.1) is 0 Å². The lowest BCUT2D eigenvalue weighted by molar-refractivity contribution is 0.320.